The molecule has 1 N–H and O–H groups in total. The zero-order valence-electron chi connectivity index (χ0n) is 12.3. The molecule has 1 aromatic carbocycles. The molecule has 1 aliphatic rings. The van der Waals surface area contributed by atoms with Gasteiger partial charge in [-0.2, -0.15) is 0 Å². The number of carbonyl (C=O) groups excluding carboxylic acids is 1. The van der Waals surface area contributed by atoms with Gasteiger partial charge in [-0.15, -0.1) is 0 Å². The molecule has 1 aromatic rings. The largest absolute Gasteiger partial charge is 0.491 e. The molecule has 0 heterocycles. The van der Waals surface area contributed by atoms with E-state index in [1.165, 1.54) is 24.0 Å². The van der Waals surface area contributed by atoms with Gasteiger partial charge >= 0.3 is 5.97 Å². The third-order valence-electron chi connectivity index (χ3n) is 3.51. The minimum absolute atomic E-state index is 0.254. The van der Waals surface area contributed by atoms with Crippen molar-refractivity contribution in [2.45, 2.75) is 39.2 Å². The number of benzene rings is 1. The van der Waals surface area contributed by atoms with E-state index in [1.54, 1.807) is 0 Å². The molecule has 4 nitrogen and oxygen atoms in total. The fraction of sp³-hybridized carbons (Fsp3) is 0.562. The first-order valence-corrected chi connectivity index (χ1v) is 7.39. The van der Waals surface area contributed by atoms with Gasteiger partial charge in [0.1, 0.15) is 18.4 Å². The van der Waals surface area contributed by atoms with Crippen molar-refractivity contribution in [1.82, 2.24) is 5.32 Å². The molecule has 1 aliphatic carbocycles. The van der Waals surface area contributed by atoms with Gasteiger partial charge in [-0.25, -0.2) is 0 Å². The minimum atomic E-state index is -0.409. The molecule has 0 fully saturated rings. The van der Waals surface area contributed by atoms with Crippen LogP contribution in [0.25, 0.3) is 0 Å². The maximum absolute atomic E-state index is 11.8. The standard InChI is InChI=1S/C16H23NO3/c1-3-17-15(16(18)19-4-2)11-20-14-9-8-12-6-5-7-13(12)10-14/h8-10,15,17H,3-7,11H2,1-2H3. The van der Waals surface area contributed by atoms with Crippen LogP contribution >= 0.6 is 0 Å². The lowest BCUT2D eigenvalue weighted by Crippen LogP contribution is -2.42. The summed E-state index contributed by atoms with van der Waals surface area (Å²) in [5.41, 5.74) is 2.80. The summed E-state index contributed by atoms with van der Waals surface area (Å²) in [4.78, 5) is 11.8. The molecule has 0 radical (unpaired) electrons. The minimum Gasteiger partial charge on any atom is -0.491 e. The van der Waals surface area contributed by atoms with Crippen molar-refractivity contribution in [1.29, 1.82) is 0 Å². The van der Waals surface area contributed by atoms with Crippen LogP contribution in [-0.4, -0.2) is 31.8 Å². The molecule has 1 atom stereocenters. The van der Waals surface area contributed by atoms with E-state index in [1.807, 2.05) is 19.9 Å². The second-order valence-corrected chi connectivity index (χ2v) is 4.96. The zero-order valence-corrected chi connectivity index (χ0v) is 12.3. The maximum Gasteiger partial charge on any atom is 0.326 e. The number of hydrogen-bond donors (Lipinski definition) is 1. The molecule has 2 rings (SSSR count). The van der Waals surface area contributed by atoms with Crippen LogP contribution < -0.4 is 10.1 Å². The van der Waals surface area contributed by atoms with Crippen molar-refractivity contribution >= 4 is 5.97 Å². The van der Waals surface area contributed by atoms with E-state index in [0.29, 0.717) is 19.8 Å². The second-order valence-electron chi connectivity index (χ2n) is 4.96. The Morgan fingerprint density at radius 3 is 2.85 bits per heavy atom. The van der Waals surface area contributed by atoms with E-state index >= 15 is 0 Å². The van der Waals surface area contributed by atoms with Gasteiger partial charge in [0.2, 0.25) is 0 Å². The third kappa shape index (κ3) is 3.73. The SMILES string of the molecule is CCNC(COc1ccc2c(c1)CCC2)C(=O)OCC. The lowest BCUT2D eigenvalue weighted by Gasteiger charge is -2.17. The summed E-state index contributed by atoms with van der Waals surface area (Å²) >= 11 is 0. The van der Waals surface area contributed by atoms with Crippen LogP contribution in [0.15, 0.2) is 18.2 Å². The van der Waals surface area contributed by atoms with E-state index in [4.69, 9.17) is 9.47 Å². The first kappa shape index (κ1) is 14.9. The molecule has 1 unspecified atom stereocenters. The number of nitrogens with one attached hydrogen (secondary N) is 1. The smallest absolute Gasteiger partial charge is 0.326 e. The predicted octanol–water partition coefficient (Wildman–Crippen LogP) is 2.10. The monoisotopic (exact) mass is 277 g/mol. The number of hydrogen-bond acceptors (Lipinski definition) is 4. The van der Waals surface area contributed by atoms with Crippen molar-refractivity contribution < 1.29 is 14.3 Å². The molecular weight excluding hydrogens is 254 g/mol. The molecule has 0 aliphatic heterocycles. The van der Waals surface area contributed by atoms with Crippen molar-refractivity contribution in [3.63, 3.8) is 0 Å². The summed E-state index contributed by atoms with van der Waals surface area (Å²) in [5.74, 6) is 0.577. The summed E-state index contributed by atoms with van der Waals surface area (Å²) < 4.78 is 10.8. The third-order valence-corrected chi connectivity index (χ3v) is 3.51. The number of rotatable bonds is 7. The van der Waals surface area contributed by atoms with Gasteiger partial charge in [0.25, 0.3) is 0 Å². The van der Waals surface area contributed by atoms with Crippen LogP contribution in [0.2, 0.25) is 0 Å². The second kappa shape index (κ2) is 7.29. The highest BCUT2D eigenvalue weighted by molar-refractivity contribution is 5.76. The fourth-order valence-corrected chi connectivity index (χ4v) is 2.52. The Morgan fingerprint density at radius 1 is 1.30 bits per heavy atom. The summed E-state index contributed by atoms with van der Waals surface area (Å²) in [7, 11) is 0. The van der Waals surface area contributed by atoms with E-state index in [9.17, 15) is 4.79 Å². The van der Waals surface area contributed by atoms with Gasteiger partial charge in [0, 0.05) is 0 Å². The van der Waals surface area contributed by atoms with Crippen LogP contribution in [0.4, 0.5) is 0 Å². The molecule has 0 saturated carbocycles. The average molecular weight is 277 g/mol. The predicted molar refractivity (Wildman–Crippen MR) is 78.1 cm³/mol. The molecule has 4 heteroatoms. The van der Waals surface area contributed by atoms with Crippen LogP contribution in [-0.2, 0) is 22.4 Å². The van der Waals surface area contributed by atoms with E-state index in [2.05, 4.69) is 17.4 Å². The van der Waals surface area contributed by atoms with Crippen molar-refractivity contribution in [3.8, 4) is 5.75 Å². The lowest BCUT2D eigenvalue weighted by molar-refractivity contribution is -0.146. The van der Waals surface area contributed by atoms with Crippen molar-refractivity contribution in [2.75, 3.05) is 19.8 Å². The number of carbonyl (C=O) groups is 1. The molecule has 0 bridgehead atoms. The summed E-state index contributed by atoms with van der Waals surface area (Å²) in [6, 6.07) is 5.80. The maximum atomic E-state index is 11.8. The normalized spacial score (nSPS) is 14.7. The van der Waals surface area contributed by atoms with Gasteiger partial charge in [0.15, 0.2) is 0 Å². The van der Waals surface area contributed by atoms with Gasteiger partial charge in [-0.1, -0.05) is 13.0 Å². The quantitative estimate of drug-likeness (QED) is 0.775. The molecule has 0 saturated heterocycles. The van der Waals surface area contributed by atoms with Crippen LogP contribution in [0.1, 0.15) is 31.4 Å². The number of fused-ring (bicyclic) bond motifs is 1. The summed E-state index contributed by atoms with van der Waals surface area (Å²) in [6.07, 6.45) is 3.52. The Balaban J connectivity index is 1.93. The molecule has 110 valence electrons. The highest BCUT2D eigenvalue weighted by Gasteiger charge is 2.19. The van der Waals surface area contributed by atoms with E-state index < -0.39 is 6.04 Å². The van der Waals surface area contributed by atoms with Crippen molar-refractivity contribution in [3.05, 3.63) is 29.3 Å². The van der Waals surface area contributed by atoms with E-state index in [0.717, 1.165) is 12.2 Å². The average Bonchev–Trinajstić information content (AvgIpc) is 2.91. The molecular formula is C16H23NO3. The molecule has 0 aromatic heterocycles. The van der Waals surface area contributed by atoms with Gasteiger partial charge in [0.05, 0.1) is 6.61 Å². The Labute approximate surface area is 120 Å². The highest BCUT2D eigenvalue weighted by atomic mass is 16.5. The van der Waals surface area contributed by atoms with E-state index in [-0.39, 0.29) is 5.97 Å². The van der Waals surface area contributed by atoms with Gasteiger partial charge < -0.3 is 14.8 Å². The first-order valence-electron chi connectivity index (χ1n) is 7.39. The topological polar surface area (TPSA) is 47.6 Å². The zero-order chi connectivity index (χ0) is 14.4. The van der Waals surface area contributed by atoms with Crippen molar-refractivity contribution in [2.24, 2.45) is 0 Å². The first-order chi connectivity index (χ1) is 9.74. The highest BCUT2D eigenvalue weighted by Crippen LogP contribution is 2.26. The lowest BCUT2D eigenvalue weighted by atomic mass is 10.1. The molecule has 0 spiro atoms. The van der Waals surface area contributed by atoms with Gasteiger partial charge in [-0.05, 0) is 56.0 Å². The number of likely N-dealkylation sites (N-methyl/N-ethyl adjacent to an activating group) is 1. The number of aryl methyl sites for hydroxylation is 2. The summed E-state index contributed by atoms with van der Waals surface area (Å²) in [5, 5.41) is 3.09. The Kier molecular flexibility index (Phi) is 5.41. The Morgan fingerprint density at radius 2 is 2.10 bits per heavy atom. The number of ether oxygens (including phenoxy) is 2. The Hall–Kier alpha value is -1.55. The molecule has 20 heavy (non-hydrogen) atoms. The van der Waals surface area contributed by atoms with Crippen LogP contribution in [0.3, 0.4) is 0 Å². The van der Waals surface area contributed by atoms with Crippen LogP contribution in [0.5, 0.6) is 5.75 Å². The fourth-order valence-electron chi connectivity index (χ4n) is 2.52. The van der Waals surface area contributed by atoms with Crippen LogP contribution in [0, 0.1) is 0 Å². The molecule has 0 amide bonds. The Bertz CT molecular complexity index is 459. The van der Waals surface area contributed by atoms with Gasteiger partial charge in [-0.3, -0.25) is 4.79 Å². The summed E-state index contributed by atoms with van der Waals surface area (Å²) in [6.45, 7) is 5.16. The number of esters is 1.